The van der Waals surface area contributed by atoms with Gasteiger partial charge in [-0.15, -0.1) is 11.8 Å². The molecule has 2 amide bonds. The van der Waals surface area contributed by atoms with Crippen molar-refractivity contribution in [1.82, 2.24) is 9.80 Å². The van der Waals surface area contributed by atoms with Crippen molar-refractivity contribution in [3.05, 3.63) is 65.7 Å². The lowest BCUT2D eigenvalue weighted by Gasteiger charge is -2.35. The molecule has 0 aliphatic carbocycles. The highest BCUT2D eigenvalue weighted by Crippen LogP contribution is 2.23. The van der Waals surface area contributed by atoms with Crippen LogP contribution in [0, 0.1) is 0 Å². The number of rotatable bonds is 5. The van der Waals surface area contributed by atoms with Gasteiger partial charge >= 0.3 is 0 Å². The lowest BCUT2D eigenvalue weighted by Crippen LogP contribution is -2.52. The molecule has 2 fully saturated rings. The molecule has 0 bridgehead atoms. The molecule has 5 nitrogen and oxygen atoms in total. The van der Waals surface area contributed by atoms with Gasteiger partial charge in [-0.05, 0) is 42.7 Å². The standard InChI is InChI=1S/C23H26N2O3S/c26-22(24-12-14-25(15-13-24)23(27)21-7-4-16-28-21)19-10-8-18(9-11-19)17-29-20-5-2-1-3-6-20/h1-3,5-6,8-11,21H,4,7,12-17H2. The van der Waals surface area contributed by atoms with E-state index >= 15 is 0 Å². The van der Waals surface area contributed by atoms with Gasteiger partial charge in [0.05, 0.1) is 0 Å². The van der Waals surface area contributed by atoms with Crippen LogP contribution in [0.2, 0.25) is 0 Å². The molecule has 1 unspecified atom stereocenters. The summed E-state index contributed by atoms with van der Waals surface area (Å²) >= 11 is 1.79. The molecule has 2 aliphatic heterocycles. The maximum Gasteiger partial charge on any atom is 0.253 e. The third-order valence-corrected chi connectivity index (χ3v) is 6.52. The highest BCUT2D eigenvalue weighted by atomic mass is 32.2. The Labute approximate surface area is 176 Å². The van der Waals surface area contributed by atoms with Gasteiger partial charge in [0.15, 0.2) is 0 Å². The quantitative estimate of drug-likeness (QED) is 0.709. The summed E-state index contributed by atoms with van der Waals surface area (Å²) in [4.78, 5) is 30.2. The Balaban J connectivity index is 1.28. The highest BCUT2D eigenvalue weighted by molar-refractivity contribution is 7.98. The molecule has 4 rings (SSSR count). The maximum absolute atomic E-state index is 12.8. The number of carbonyl (C=O) groups is 2. The average Bonchev–Trinajstić information content (AvgIpc) is 3.33. The van der Waals surface area contributed by atoms with Crippen LogP contribution in [-0.4, -0.2) is 60.5 Å². The molecule has 2 aromatic carbocycles. The summed E-state index contributed by atoms with van der Waals surface area (Å²) < 4.78 is 5.50. The van der Waals surface area contributed by atoms with Gasteiger partial charge in [-0.2, -0.15) is 0 Å². The van der Waals surface area contributed by atoms with Crippen molar-refractivity contribution in [3.8, 4) is 0 Å². The molecule has 0 aromatic heterocycles. The zero-order valence-corrected chi connectivity index (χ0v) is 17.3. The predicted octanol–water partition coefficient (Wildman–Crippen LogP) is 3.44. The molecule has 2 aliphatic rings. The minimum atomic E-state index is -0.279. The second-order valence-corrected chi connectivity index (χ2v) is 8.47. The number of hydrogen-bond donors (Lipinski definition) is 0. The first-order valence-electron chi connectivity index (χ1n) is 10.2. The molecule has 6 heteroatoms. The molecule has 2 aromatic rings. The van der Waals surface area contributed by atoms with E-state index in [-0.39, 0.29) is 17.9 Å². The number of piperazine rings is 1. The summed E-state index contributed by atoms with van der Waals surface area (Å²) in [5.41, 5.74) is 1.90. The second kappa shape index (κ2) is 9.46. The zero-order chi connectivity index (χ0) is 20.1. The van der Waals surface area contributed by atoms with Crippen molar-refractivity contribution in [3.63, 3.8) is 0 Å². The van der Waals surface area contributed by atoms with E-state index in [9.17, 15) is 9.59 Å². The van der Waals surface area contributed by atoms with Crippen LogP contribution in [0.1, 0.15) is 28.8 Å². The summed E-state index contributed by atoms with van der Waals surface area (Å²) in [6.07, 6.45) is 1.49. The molecule has 0 radical (unpaired) electrons. The highest BCUT2D eigenvalue weighted by Gasteiger charge is 2.31. The van der Waals surface area contributed by atoms with Crippen LogP contribution in [0.4, 0.5) is 0 Å². The minimum Gasteiger partial charge on any atom is -0.368 e. The number of hydrogen-bond acceptors (Lipinski definition) is 4. The van der Waals surface area contributed by atoms with Crippen LogP contribution in [0.3, 0.4) is 0 Å². The number of amides is 2. The largest absolute Gasteiger partial charge is 0.368 e. The molecule has 0 N–H and O–H groups in total. The lowest BCUT2D eigenvalue weighted by molar-refractivity contribution is -0.142. The first-order chi connectivity index (χ1) is 14.2. The zero-order valence-electron chi connectivity index (χ0n) is 16.5. The Morgan fingerprint density at radius 2 is 1.62 bits per heavy atom. The van der Waals surface area contributed by atoms with E-state index in [1.807, 2.05) is 52.3 Å². The smallest absolute Gasteiger partial charge is 0.253 e. The molecular formula is C23H26N2O3S. The van der Waals surface area contributed by atoms with Gasteiger partial charge in [0.2, 0.25) is 0 Å². The van der Waals surface area contributed by atoms with E-state index < -0.39 is 0 Å². The number of ether oxygens (including phenoxy) is 1. The predicted molar refractivity (Wildman–Crippen MR) is 114 cm³/mol. The average molecular weight is 411 g/mol. The lowest BCUT2D eigenvalue weighted by atomic mass is 10.1. The topological polar surface area (TPSA) is 49.9 Å². The van der Waals surface area contributed by atoms with Crippen molar-refractivity contribution in [2.24, 2.45) is 0 Å². The van der Waals surface area contributed by atoms with Crippen LogP contribution in [0.5, 0.6) is 0 Å². The molecule has 2 heterocycles. The van der Waals surface area contributed by atoms with E-state index in [1.54, 1.807) is 11.8 Å². The van der Waals surface area contributed by atoms with Crippen molar-refractivity contribution >= 4 is 23.6 Å². The molecule has 0 saturated carbocycles. The normalized spacial score (nSPS) is 19.4. The van der Waals surface area contributed by atoms with Crippen molar-refractivity contribution in [1.29, 1.82) is 0 Å². The summed E-state index contributed by atoms with van der Waals surface area (Å²) in [6.45, 7) is 2.98. The Morgan fingerprint density at radius 1 is 0.931 bits per heavy atom. The molecular weight excluding hydrogens is 384 g/mol. The van der Waals surface area contributed by atoms with E-state index in [0.29, 0.717) is 38.3 Å². The second-order valence-electron chi connectivity index (χ2n) is 7.42. The van der Waals surface area contributed by atoms with Crippen LogP contribution < -0.4 is 0 Å². The fourth-order valence-corrected chi connectivity index (χ4v) is 4.59. The SMILES string of the molecule is O=C(c1ccc(CSc2ccccc2)cc1)N1CCN(C(=O)C2CCCO2)CC1. The Bertz CT molecular complexity index is 827. The van der Waals surface area contributed by atoms with Gasteiger partial charge < -0.3 is 14.5 Å². The minimum absolute atomic E-state index is 0.0384. The monoisotopic (exact) mass is 410 g/mol. The summed E-state index contributed by atoms with van der Waals surface area (Å²) in [5.74, 6) is 0.994. The third kappa shape index (κ3) is 5.00. The van der Waals surface area contributed by atoms with Gasteiger partial charge in [0.25, 0.3) is 11.8 Å². The molecule has 152 valence electrons. The van der Waals surface area contributed by atoms with Gasteiger partial charge in [-0.3, -0.25) is 9.59 Å². The van der Waals surface area contributed by atoms with Crippen LogP contribution in [0.25, 0.3) is 0 Å². The summed E-state index contributed by atoms with van der Waals surface area (Å²) in [6, 6.07) is 18.2. The molecule has 2 saturated heterocycles. The van der Waals surface area contributed by atoms with Gasteiger partial charge in [-0.1, -0.05) is 30.3 Å². The Kier molecular flexibility index (Phi) is 6.52. The van der Waals surface area contributed by atoms with Crippen LogP contribution in [-0.2, 0) is 15.3 Å². The van der Waals surface area contributed by atoms with Gasteiger partial charge in [-0.25, -0.2) is 0 Å². The van der Waals surface area contributed by atoms with Gasteiger partial charge in [0.1, 0.15) is 6.10 Å². The fraction of sp³-hybridized carbons (Fsp3) is 0.391. The number of thioether (sulfide) groups is 1. The number of nitrogens with zero attached hydrogens (tertiary/aromatic N) is 2. The molecule has 1 atom stereocenters. The van der Waals surface area contributed by atoms with Crippen LogP contribution in [0.15, 0.2) is 59.5 Å². The van der Waals surface area contributed by atoms with Crippen molar-refractivity contribution in [2.75, 3.05) is 32.8 Å². The van der Waals surface area contributed by atoms with Crippen molar-refractivity contribution < 1.29 is 14.3 Å². The first-order valence-corrected chi connectivity index (χ1v) is 11.2. The number of carbonyl (C=O) groups excluding carboxylic acids is 2. The molecule has 0 spiro atoms. The number of benzene rings is 2. The fourth-order valence-electron chi connectivity index (χ4n) is 3.72. The molecule has 29 heavy (non-hydrogen) atoms. The van der Waals surface area contributed by atoms with E-state index in [1.165, 1.54) is 10.5 Å². The van der Waals surface area contributed by atoms with E-state index in [0.717, 1.165) is 18.6 Å². The maximum atomic E-state index is 12.8. The first kappa shape index (κ1) is 20.0. The van der Waals surface area contributed by atoms with E-state index in [4.69, 9.17) is 4.74 Å². The third-order valence-electron chi connectivity index (χ3n) is 5.43. The summed E-state index contributed by atoms with van der Waals surface area (Å²) in [7, 11) is 0. The van der Waals surface area contributed by atoms with Crippen molar-refractivity contribution in [2.45, 2.75) is 29.6 Å². The summed E-state index contributed by atoms with van der Waals surface area (Å²) in [5, 5.41) is 0. The Hall–Kier alpha value is -2.31. The van der Waals surface area contributed by atoms with E-state index in [2.05, 4.69) is 12.1 Å². The van der Waals surface area contributed by atoms with Gasteiger partial charge in [0, 0.05) is 49.0 Å². The van der Waals surface area contributed by atoms with Crippen LogP contribution >= 0.6 is 11.8 Å². The Morgan fingerprint density at radius 3 is 2.28 bits per heavy atom.